The number of anilines is 1. The molecule has 0 amide bonds. The first-order chi connectivity index (χ1) is 10.2. The molecule has 0 radical (unpaired) electrons. The van der Waals surface area contributed by atoms with Crippen LogP contribution in [0.1, 0.15) is 68.9 Å². The molecule has 2 heterocycles. The fourth-order valence-electron chi connectivity index (χ4n) is 4.07. The summed E-state index contributed by atoms with van der Waals surface area (Å²) in [5.74, 6) is 1.44. The number of nitrogens with zero attached hydrogens (tertiary/aromatic N) is 2. The van der Waals surface area contributed by atoms with Gasteiger partial charge in [-0.3, -0.25) is 0 Å². The zero-order valence-electron chi connectivity index (χ0n) is 13.7. The number of nitrogens with one attached hydrogen (secondary N) is 1. The predicted octanol–water partition coefficient (Wildman–Crippen LogP) is 4.14. The molecule has 0 bridgehead atoms. The third-order valence-electron chi connectivity index (χ3n) is 5.09. The zero-order valence-corrected chi connectivity index (χ0v) is 14.5. The third kappa shape index (κ3) is 3.11. The van der Waals surface area contributed by atoms with E-state index in [0.717, 1.165) is 18.5 Å². The minimum atomic E-state index is 0.519. The summed E-state index contributed by atoms with van der Waals surface area (Å²) >= 11 is 1.92. The van der Waals surface area contributed by atoms with E-state index in [-0.39, 0.29) is 0 Å². The van der Waals surface area contributed by atoms with Crippen molar-refractivity contribution in [2.75, 3.05) is 18.5 Å². The van der Waals surface area contributed by atoms with E-state index in [9.17, 15) is 0 Å². The lowest BCUT2D eigenvalue weighted by Crippen LogP contribution is -2.34. The highest BCUT2D eigenvalue weighted by atomic mass is 32.1. The van der Waals surface area contributed by atoms with Gasteiger partial charge in [-0.15, -0.1) is 11.3 Å². The lowest BCUT2D eigenvalue weighted by atomic mass is 9.96. The molecule has 1 saturated carbocycles. The molecular weight excluding hydrogens is 278 g/mol. The highest BCUT2D eigenvalue weighted by molar-refractivity contribution is 7.15. The van der Waals surface area contributed by atoms with Crippen molar-refractivity contribution in [3.05, 3.63) is 10.6 Å². The van der Waals surface area contributed by atoms with Gasteiger partial charge in [0.25, 0.3) is 0 Å². The molecule has 1 aliphatic heterocycles. The van der Waals surface area contributed by atoms with Crippen molar-refractivity contribution in [1.82, 2.24) is 10.3 Å². The topological polar surface area (TPSA) is 28.2 Å². The first kappa shape index (κ1) is 15.3. The van der Waals surface area contributed by atoms with Gasteiger partial charge >= 0.3 is 0 Å². The van der Waals surface area contributed by atoms with E-state index in [2.05, 4.69) is 24.1 Å². The number of aromatic nitrogens is 1. The standard InChI is InChI=1S/C17H29N3S/c1-12(2)16-15(11-18-3)21-17(19-16)20-10-6-9-14(20)13-7-4-5-8-13/h12-14,18H,4-11H2,1-3H3. The van der Waals surface area contributed by atoms with Gasteiger partial charge in [-0.1, -0.05) is 26.7 Å². The lowest BCUT2D eigenvalue weighted by Gasteiger charge is -2.29. The van der Waals surface area contributed by atoms with Crippen LogP contribution in [0.5, 0.6) is 0 Å². The van der Waals surface area contributed by atoms with Gasteiger partial charge in [0.15, 0.2) is 5.13 Å². The van der Waals surface area contributed by atoms with Crippen LogP contribution in [0.25, 0.3) is 0 Å². The first-order valence-corrected chi connectivity index (χ1v) is 9.43. The van der Waals surface area contributed by atoms with Crippen LogP contribution in [0.15, 0.2) is 0 Å². The quantitative estimate of drug-likeness (QED) is 0.886. The smallest absolute Gasteiger partial charge is 0.186 e. The number of thiazole rings is 1. The normalized spacial score (nSPS) is 23.6. The molecule has 21 heavy (non-hydrogen) atoms. The van der Waals surface area contributed by atoms with E-state index < -0.39 is 0 Å². The summed E-state index contributed by atoms with van der Waals surface area (Å²) in [4.78, 5) is 9.11. The van der Waals surface area contributed by atoms with Crippen LogP contribution in [0.4, 0.5) is 5.13 Å². The molecule has 4 heteroatoms. The van der Waals surface area contributed by atoms with E-state index in [4.69, 9.17) is 4.98 Å². The summed E-state index contributed by atoms with van der Waals surface area (Å²) in [7, 11) is 2.03. The van der Waals surface area contributed by atoms with E-state index >= 15 is 0 Å². The van der Waals surface area contributed by atoms with Crippen molar-refractivity contribution >= 4 is 16.5 Å². The largest absolute Gasteiger partial charge is 0.345 e. The van der Waals surface area contributed by atoms with Crippen molar-refractivity contribution in [1.29, 1.82) is 0 Å². The van der Waals surface area contributed by atoms with Crippen LogP contribution in [-0.2, 0) is 6.54 Å². The van der Waals surface area contributed by atoms with Gasteiger partial charge in [-0.25, -0.2) is 4.98 Å². The molecule has 1 aromatic heterocycles. The van der Waals surface area contributed by atoms with E-state index in [1.807, 2.05) is 18.4 Å². The second kappa shape index (κ2) is 6.66. The number of hydrogen-bond acceptors (Lipinski definition) is 4. The molecule has 3 rings (SSSR count). The van der Waals surface area contributed by atoms with Gasteiger partial charge < -0.3 is 10.2 Å². The second-order valence-corrected chi connectivity index (χ2v) is 8.00. The molecule has 1 aromatic rings. The van der Waals surface area contributed by atoms with Crippen LogP contribution in [-0.4, -0.2) is 24.6 Å². The summed E-state index contributed by atoms with van der Waals surface area (Å²) in [5.41, 5.74) is 1.31. The molecule has 1 unspecified atom stereocenters. The van der Waals surface area contributed by atoms with Gasteiger partial charge in [-0.2, -0.15) is 0 Å². The van der Waals surface area contributed by atoms with Crippen LogP contribution in [0, 0.1) is 5.92 Å². The van der Waals surface area contributed by atoms with Crippen molar-refractivity contribution in [3.63, 3.8) is 0 Å². The average Bonchev–Trinajstić information content (AvgIpc) is 3.18. The average molecular weight is 308 g/mol. The monoisotopic (exact) mass is 307 g/mol. The maximum atomic E-state index is 5.04. The molecule has 2 aliphatic rings. The van der Waals surface area contributed by atoms with E-state index in [1.165, 1.54) is 60.8 Å². The molecule has 1 saturated heterocycles. The molecule has 0 aromatic carbocycles. The summed E-state index contributed by atoms with van der Waals surface area (Å²) in [5, 5.41) is 4.59. The summed E-state index contributed by atoms with van der Waals surface area (Å²) < 4.78 is 0. The highest BCUT2D eigenvalue weighted by Gasteiger charge is 2.35. The van der Waals surface area contributed by atoms with Crippen molar-refractivity contribution in [3.8, 4) is 0 Å². The third-order valence-corrected chi connectivity index (χ3v) is 6.20. The Balaban J connectivity index is 1.83. The summed E-state index contributed by atoms with van der Waals surface area (Å²) in [6, 6.07) is 0.765. The minimum Gasteiger partial charge on any atom is -0.345 e. The molecule has 1 N–H and O–H groups in total. The zero-order chi connectivity index (χ0) is 14.8. The fraction of sp³-hybridized carbons (Fsp3) is 0.824. The Kier molecular flexibility index (Phi) is 4.85. The van der Waals surface area contributed by atoms with E-state index in [0.29, 0.717) is 5.92 Å². The van der Waals surface area contributed by atoms with Gasteiger partial charge in [0, 0.05) is 24.0 Å². The molecule has 0 spiro atoms. The predicted molar refractivity (Wildman–Crippen MR) is 91.3 cm³/mol. The van der Waals surface area contributed by atoms with Crippen LogP contribution in [0.2, 0.25) is 0 Å². The van der Waals surface area contributed by atoms with Crippen LogP contribution in [0.3, 0.4) is 0 Å². The van der Waals surface area contributed by atoms with Gasteiger partial charge in [0.2, 0.25) is 0 Å². The van der Waals surface area contributed by atoms with Gasteiger partial charge in [-0.05, 0) is 44.6 Å². The van der Waals surface area contributed by atoms with E-state index in [1.54, 1.807) is 0 Å². The van der Waals surface area contributed by atoms with Crippen LogP contribution < -0.4 is 10.2 Å². The Labute approximate surface area is 133 Å². The SMILES string of the molecule is CNCc1sc(N2CCCC2C2CCCC2)nc1C(C)C. The molecule has 1 aliphatic carbocycles. The molecule has 2 fully saturated rings. The molecule has 118 valence electrons. The van der Waals surface area contributed by atoms with Crippen molar-refractivity contribution in [2.24, 2.45) is 5.92 Å². The Morgan fingerprint density at radius 1 is 1.24 bits per heavy atom. The lowest BCUT2D eigenvalue weighted by molar-refractivity contribution is 0.430. The number of hydrogen-bond donors (Lipinski definition) is 1. The first-order valence-electron chi connectivity index (χ1n) is 8.61. The van der Waals surface area contributed by atoms with Gasteiger partial charge in [0.05, 0.1) is 5.69 Å². The summed E-state index contributed by atoms with van der Waals surface area (Å²) in [6.45, 7) is 6.69. The fourth-order valence-corrected chi connectivity index (χ4v) is 5.38. The number of rotatable bonds is 5. The molecule has 1 atom stereocenters. The van der Waals surface area contributed by atoms with Crippen LogP contribution >= 0.6 is 11.3 Å². The maximum absolute atomic E-state index is 5.04. The Bertz CT molecular complexity index is 463. The minimum absolute atomic E-state index is 0.519. The highest BCUT2D eigenvalue weighted by Crippen LogP contribution is 2.40. The Morgan fingerprint density at radius 3 is 2.67 bits per heavy atom. The van der Waals surface area contributed by atoms with Crippen molar-refractivity contribution in [2.45, 2.75) is 70.9 Å². The van der Waals surface area contributed by atoms with Crippen molar-refractivity contribution < 1.29 is 0 Å². The Hall–Kier alpha value is -0.610. The maximum Gasteiger partial charge on any atom is 0.186 e. The molecular formula is C17H29N3S. The molecule has 3 nitrogen and oxygen atoms in total. The Morgan fingerprint density at radius 2 is 2.00 bits per heavy atom. The second-order valence-electron chi connectivity index (χ2n) is 6.94. The summed E-state index contributed by atoms with van der Waals surface area (Å²) in [6.07, 6.45) is 8.48. The van der Waals surface area contributed by atoms with Gasteiger partial charge in [0.1, 0.15) is 0 Å².